The van der Waals surface area contributed by atoms with Crippen LogP contribution in [0.2, 0.25) is 0 Å². The fourth-order valence-electron chi connectivity index (χ4n) is 4.49. The molecule has 0 bridgehead atoms. The van der Waals surface area contributed by atoms with E-state index in [0.29, 0.717) is 50.1 Å². The molecule has 37 heavy (non-hydrogen) atoms. The Labute approximate surface area is 232 Å². The van der Waals surface area contributed by atoms with Crippen LogP contribution in [0.1, 0.15) is 23.2 Å². The summed E-state index contributed by atoms with van der Waals surface area (Å²) in [7, 11) is -3.52. The molecule has 0 N–H and O–H groups in total. The van der Waals surface area contributed by atoms with E-state index in [1.54, 1.807) is 40.9 Å². The minimum absolute atomic E-state index is 0. The molecular formula is C25H31ClN4O4S3. The lowest BCUT2D eigenvalue weighted by molar-refractivity contribution is 0.0391. The van der Waals surface area contributed by atoms with E-state index in [1.807, 2.05) is 18.4 Å². The standard InChI is InChI=1S/C25H30N4O4S3.ClH/c1-34-20-6-9-22-23(18-20)35-25(26-22)29(13-12-27-14-16-33-17-15-27)24(30)19-4-7-21(8-5-19)36(31,32)28-10-2-3-11-28;/h4-9,18H,2-3,10-17H2,1H3;1H. The maximum atomic E-state index is 13.7. The molecule has 2 aromatic carbocycles. The summed E-state index contributed by atoms with van der Waals surface area (Å²) in [5.41, 5.74) is 1.31. The Morgan fingerprint density at radius 1 is 1.08 bits per heavy atom. The molecule has 8 nitrogen and oxygen atoms in total. The number of anilines is 1. The Bertz CT molecular complexity index is 1320. The van der Waals surface area contributed by atoms with Gasteiger partial charge in [0.2, 0.25) is 10.0 Å². The second kappa shape index (κ2) is 12.4. The molecule has 1 aromatic heterocycles. The van der Waals surface area contributed by atoms with Crippen LogP contribution in [-0.2, 0) is 14.8 Å². The molecule has 2 saturated heterocycles. The highest BCUT2D eigenvalue weighted by molar-refractivity contribution is 7.98. The molecule has 0 unspecified atom stereocenters. The number of sulfonamides is 1. The molecule has 2 aliphatic heterocycles. The van der Waals surface area contributed by atoms with Crippen molar-refractivity contribution in [1.82, 2.24) is 14.2 Å². The fourth-order valence-corrected chi connectivity index (χ4v) is 7.55. The summed E-state index contributed by atoms with van der Waals surface area (Å²) in [6, 6.07) is 12.5. The molecule has 12 heteroatoms. The Kier molecular flexibility index (Phi) is 9.49. The van der Waals surface area contributed by atoms with Crippen LogP contribution < -0.4 is 4.90 Å². The number of nitrogens with zero attached hydrogens (tertiary/aromatic N) is 4. The summed E-state index contributed by atoms with van der Waals surface area (Å²) in [5, 5.41) is 0.648. The number of thiazole rings is 1. The molecule has 1 amide bonds. The number of carbonyl (C=O) groups is 1. The number of carbonyl (C=O) groups excluding carboxylic acids is 1. The molecule has 0 spiro atoms. The number of amides is 1. The number of aromatic nitrogens is 1. The highest BCUT2D eigenvalue weighted by atomic mass is 35.5. The SMILES string of the molecule is CSc1ccc2nc(N(CCN3CCOCC3)C(=O)c3ccc(S(=O)(=O)N4CCCC4)cc3)sc2c1.Cl. The van der Waals surface area contributed by atoms with Gasteiger partial charge in [0, 0.05) is 49.7 Å². The molecule has 0 saturated carbocycles. The van der Waals surface area contributed by atoms with Crippen molar-refractivity contribution in [2.45, 2.75) is 22.6 Å². The third kappa shape index (κ3) is 6.30. The maximum Gasteiger partial charge on any atom is 0.260 e. The average molecular weight is 583 g/mol. The summed E-state index contributed by atoms with van der Waals surface area (Å²) >= 11 is 3.18. The number of benzene rings is 2. The van der Waals surface area contributed by atoms with E-state index in [9.17, 15) is 13.2 Å². The Morgan fingerprint density at radius 3 is 2.46 bits per heavy atom. The first-order chi connectivity index (χ1) is 17.5. The second-order valence-corrected chi connectivity index (χ2v) is 12.7. The van der Waals surface area contributed by atoms with Crippen LogP contribution in [0.5, 0.6) is 0 Å². The normalized spacial score (nSPS) is 17.1. The number of rotatable bonds is 8. The van der Waals surface area contributed by atoms with Crippen molar-refractivity contribution in [3.63, 3.8) is 0 Å². The van der Waals surface area contributed by atoms with Crippen LogP contribution in [0.3, 0.4) is 0 Å². The first-order valence-corrected chi connectivity index (χ1v) is 15.6. The first-order valence-electron chi connectivity index (χ1n) is 12.1. The molecule has 2 fully saturated rings. The lowest BCUT2D eigenvalue weighted by atomic mass is 10.2. The first kappa shape index (κ1) is 28.3. The van der Waals surface area contributed by atoms with Crippen molar-refractivity contribution in [2.75, 3.05) is 63.6 Å². The lowest BCUT2D eigenvalue weighted by Gasteiger charge is -2.29. The van der Waals surface area contributed by atoms with Crippen molar-refractivity contribution >= 4 is 66.8 Å². The van der Waals surface area contributed by atoms with Crippen LogP contribution in [0.4, 0.5) is 5.13 Å². The van der Waals surface area contributed by atoms with Gasteiger partial charge >= 0.3 is 0 Å². The molecule has 3 aromatic rings. The van der Waals surface area contributed by atoms with Crippen molar-refractivity contribution in [3.8, 4) is 0 Å². The number of thioether (sulfide) groups is 1. The predicted molar refractivity (Wildman–Crippen MR) is 152 cm³/mol. The number of fused-ring (bicyclic) bond motifs is 1. The molecule has 0 radical (unpaired) electrons. The minimum atomic E-state index is -3.52. The summed E-state index contributed by atoms with van der Waals surface area (Å²) in [5.74, 6) is -0.183. The van der Waals surface area contributed by atoms with Gasteiger partial charge in [0.05, 0.1) is 28.3 Å². The van der Waals surface area contributed by atoms with Gasteiger partial charge in [-0.15, -0.1) is 24.2 Å². The van der Waals surface area contributed by atoms with Gasteiger partial charge in [-0.2, -0.15) is 4.31 Å². The summed E-state index contributed by atoms with van der Waals surface area (Å²) in [6.45, 7) is 5.36. The zero-order chi connectivity index (χ0) is 25.1. The third-order valence-corrected chi connectivity index (χ3v) is 10.3. The smallest absolute Gasteiger partial charge is 0.260 e. The minimum Gasteiger partial charge on any atom is -0.379 e. The molecule has 3 heterocycles. The molecule has 200 valence electrons. The van der Waals surface area contributed by atoms with Gasteiger partial charge in [0.1, 0.15) is 0 Å². The van der Waals surface area contributed by atoms with Crippen molar-refractivity contribution < 1.29 is 17.9 Å². The molecule has 2 aliphatic rings. The maximum absolute atomic E-state index is 13.7. The van der Waals surface area contributed by atoms with Crippen LogP contribution >= 0.6 is 35.5 Å². The number of halogens is 1. The summed E-state index contributed by atoms with van der Waals surface area (Å²) in [4.78, 5) is 23.9. The van der Waals surface area contributed by atoms with E-state index < -0.39 is 10.0 Å². The zero-order valence-corrected chi connectivity index (χ0v) is 23.9. The van der Waals surface area contributed by atoms with E-state index in [4.69, 9.17) is 9.72 Å². The van der Waals surface area contributed by atoms with Crippen LogP contribution in [0.15, 0.2) is 52.3 Å². The van der Waals surface area contributed by atoms with Crippen LogP contribution in [0.25, 0.3) is 10.2 Å². The van der Waals surface area contributed by atoms with E-state index in [-0.39, 0.29) is 23.2 Å². The topological polar surface area (TPSA) is 83.0 Å². The molecule has 0 atom stereocenters. The van der Waals surface area contributed by atoms with E-state index in [2.05, 4.69) is 11.0 Å². The second-order valence-electron chi connectivity index (χ2n) is 8.88. The number of ether oxygens (including phenoxy) is 1. The summed E-state index contributed by atoms with van der Waals surface area (Å²) in [6.07, 6.45) is 3.80. The fraction of sp³-hybridized carbons (Fsp3) is 0.440. The predicted octanol–water partition coefficient (Wildman–Crippen LogP) is 4.20. The number of hydrogen-bond donors (Lipinski definition) is 0. The van der Waals surface area contributed by atoms with E-state index in [0.717, 1.165) is 41.0 Å². The van der Waals surface area contributed by atoms with Crippen molar-refractivity contribution in [2.24, 2.45) is 0 Å². The zero-order valence-electron chi connectivity index (χ0n) is 20.7. The van der Waals surface area contributed by atoms with E-state index >= 15 is 0 Å². The van der Waals surface area contributed by atoms with Gasteiger partial charge in [-0.3, -0.25) is 14.6 Å². The van der Waals surface area contributed by atoms with Gasteiger partial charge in [0.25, 0.3) is 5.91 Å². The van der Waals surface area contributed by atoms with Crippen molar-refractivity contribution in [1.29, 1.82) is 0 Å². The Balaban J connectivity index is 0.00000320. The van der Waals surface area contributed by atoms with E-state index in [1.165, 1.54) is 15.6 Å². The van der Waals surface area contributed by atoms with Gasteiger partial charge in [-0.25, -0.2) is 13.4 Å². The number of hydrogen-bond acceptors (Lipinski definition) is 8. The average Bonchev–Trinajstić information content (AvgIpc) is 3.60. The Morgan fingerprint density at radius 2 is 1.78 bits per heavy atom. The monoisotopic (exact) mass is 582 g/mol. The lowest BCUT2D eigenvalue weighted by Crippen LogP contribution is -2.43. The largest absolute Gasteiger partial charge is 0.379 e. The Hall–Kier alpha value is -1.73. The highest BCUT2D eigenvalue weighted by Gasteiger charge is 2.28. The van der Waals surface area contributed by atoms with Gasteiger partial charge < -0.3 is 4.74 Å². The van der Waals surface area contributed by atoms with Gasteiger partial charge in [-0.05, 0) is 61.6 Å². The molecule has 0 aliphatic carbocycles. The van der Waals surface area contributed by atoms with Crippen molar-refractivity contribution in [3.05, 3.63) is 48.0 Å². The third-order valence-electron chi connectivity index (χ3n) is 6.61. The molecular weight excluding hydrogens is 552 g/mol. The van der Waals surface area contributed by atoms with Gasteiger partial charge in [0.15, 0.2) is 5.13 Å². The quantitative estimate of drug-likeness (QED) is 0.368. The summed E-state index contributed by atoms with van der Waals surface area (Å²) < 4.78 is 33.8. The number of morpholine rings is 1. The highest BCUT2D eigenvalue weighted by Crippen LogP contribution is 2.32. The van der Waals surface area contributed by atoms with Crippen LogP contribution in [0, 0.1) is 0 Å². The van der Waals surface area contributed by atoms with Gasteiger partial charge in [-0.1, -0.05) is 11.3 Å². The molecule has 5 rings (SSSR count). The van der Waals surface area contributed by atoms with Crippen LogP contribution in [-0.4, -0.2) is 87.3 Å².